The van der Waals surface area contributed by atoms with E-state index in [9.17, 15) is 4.79 Å². The van der Waals surface area contributed by atoms with Crippen LogP contribution in [-0.4, -0.2) is 17.6 Å². The molecule has 0 atom stereocenters. The molecule has 0 saturated carbocycles. The molecule has 0 unspecified atom stereocenters. The van der Waals surface area contributed by atoms with Gasteiger partial charge in [0.25, 0.3) is 5.91 Å². The van der Waals surface area contributed by atoms with Gasteiger partial charge in [-0.3, -0.25) is 4.79 Å². The molecule has 0 bridgehead atoms. The van der Waals surface area contributed by atoms with E-state index < -0.39 is 5.60 Å². The number of benzene rings is 2. The third-order valence-corrected chi connectivity index (χ3v) is 3.73. The van der Waals surface area contributed by atoms with E-state index in [1.54, 1.807) is 26.0 Å². The highest BCUT2D eigenvalue weighted by atomic mass is 35.5. The van der Waals surface area contributed by atoms with Gasteiger partial charge < -0.3 is 14.8 Å². The molecule has 4 nitrogen and oxygen atoms in total. The molecule has 25 heavy (non-hydrogen) atoms. The van der Waals surface area contributed by atoms with Crippen LogP contribution >= 0.6 is 11.6 Å². The highest BCUT2D eigenvalue weighted by Gasteiger charge is 2.30. The second-order valence-electron chi connectivity index (χ2n) is 6.63. The Morgan fingerprint density at radius 1 is 1.04 bits per heavy atom. The average molecular weight is 362 g/mol. The van der Waals surface area contributed by atoms with Gasteiger partial charge in [0, 0.05) is 11.1 Å². The predicted octanol–water partition coefficient (Wildman–Crippen LogP) is 4.60. The van der Waals surface area contributed by atoms with Gasteiger partial charge in [0.1, 0.15) is 18.1 Å². The lowest BCUT2D eigenvalue weighted by molar-refractivity contribution is -0.134. The molecular formula is C20H24ClNO3. The third-order valence-electron chi connectivity index (χ3n) is 3.48. The number of halogens is 1. The Kier molecular flexibility index (Phi) is 6.32. The van der Waals surface area contributed by atoms with Crippen molar-refractivity contribution in [2.24, 2.45) is 0 Å². The lowest BCUT2D eigenvalue weighted by atomic mass is 10.1. The zero-order valence-electron chi connectivity index (χ0n) is 15.0. The van der Waals surface area contributed by atoms with Crippen molar-refractivity contribution in [3.63, 3.8) is 0 Å². The van der Waals surface area contributed by atoms with Crippen molar-refractivity contribution >= 4 is 17.5 Å². The molecule has 0 aliphatic carbocycles. The van der Waals surface area contributed by atoms with Gasteiger partial charge in [0.15, 0.2) is 5.60 Å². The normalized spacial score (nSPS) is 11.3. The number of rotatable bonds is 7. The van der Waals surface area contributed by atoms with Crippen LogP contribution in [0, 0.1) is 0 Å². The largest absolute Gasteiger partial charge is 0.489 e. The first-order valence-electron chi connectivity index (χ1n) is 8.23. The number of carbonyl (C=O) groups excluding carboxylic acids is 1. The summed E-state index contributed by atoms with van der Waals surface area (Å²) in [4.78, 5) is 12.2. The fourth-order valence-corrected chi connectivity index (χ4v) is 2.25. The molecule has 0 aliphatic heterocycles. The average Bonchev–Trinajstić information content (AvgIpc) is 2.55. The molecule has 0 heterocycles. The number of hydrogen-bond donors (Lipinski definition) is 1. The monoisotopic (exact) mass is 361 g/mol. The van der Waals surface area contributed by atoms with Crippen LogP contribution in [0.1, 0.15) is 33.3 Å². The Balaban J connectivity index is 1.92. The van der Waals surface area contributed by atoms with E-state index in [0.717, 1.165) is 11.3 Å². The van der Waals surface area contributed by atoms with E-state index in [1.165, 1.54) is 0 Å². The van der Waals surface area contributed by atoms with Gasteiger partial charge in [0.05, 0.1) is 0 Å². The number of nitrogens with one attached hydrogen (secondary N) is 1. The summed E-state index contributed by atoms with van der Waals surface area (Å²) in [5.41, 5.74) is 0.0897. The van der Waals surface area contributed by atoms with Crippen molar-refractivity contribution in [2.75, 3.05) is 0 Å². The van der Waals surface area contributed by atoms with Crippen molar-refractivity contribution in [3.05, 3.63) is 59.1 Å². The van der Waals surface area contributed by atoms with E-state index in [2.05, 4.69) is 5.32 Å². The van der Waals surface area contributed by atoms with Gasteiger partial charge in [-0.05, 0) is 69.7 Å². The Morgan fingerprint density at radius 3 is 2.16 bits per heavy atom. The molecule has 5 heteroatoms. The molecule has 0 aliphatic rings. The SMILES string of the molecule is CC(C)NC(=O)C(C)(C)Oc1ccc(OCc2ccc(Cl)cc2)cc1. The molecule has 2 rings (SSSR count). The molecule has 0 saturated heterocycles. The lowest BCUT2D eigenvalue weighted by Gasteiger charge is -2.26. The van der Waals surface area contributed by atoms with Crippen molar-refractivity contribution in [3.8, 4) is 11.5 Å². The van der Waals surface area contributed by atoms with E-state index in [-0.39, 0.29) is 11.9 Å². The molecule has 0 spiro atoms. The highest BCUT2D eigenvalue weighted by Crippen LogP contribution is 2.23. The van der Waals surface area contributed by atoms with E-state index >= 15 is 0 Å². The summed E-state index contributed by atoms with van der Waals surface area (Å²) in [7, 11) is 0. The maximum atomic E-state index is 12.2. The van der Waals surface area contributed by atoms with Crippen molar-refractivity contribution in [2.45, 2.75) is 45.9 Å². The molecular weight excluding hydrogens is 338 g/mol. The summed E-state index contributed by atoms with van der Waals surface area (Å²) in [5, 5.41) is 3.56. The zero-order valence-corrected chi connectivity index (χ0v) is 15.8. The Hall–Kier alpha value is -2.20. The number of hydrogen-bond acceptors (Lipinski definition) is 3. The Morgan fingerprint density at radius 2 is 1.60 bits per heavy atom. The second kappa shape index (κ2) is 8.26. The van der Waals surface area contributed by atoms with Crippen molar-refractivity contribution in [1.29, 1.82) is 0 Å². The van der Waals surface area contributed by atoms with Crippen LogP contribution in [0.2, 0.25) is 5.02 Å². The van der Waals surface area contributed by atoms with Gasteiger partial charge in [-0.15, -0.1) is 0 Å². The second-order valence-corrected chi connectivity index (χ2v) is 7.06. The smallest absolute Gasteiger partial charge is 0.263 e. The first-order valence-corrected chi connectivity index (χ1v) is 8.61. The lowest BCUT2D eigenvalue weighted by Crippen LogP contribution is -2.48. The van der Waals surface area contributed by atoms with Crippen LogP contribution in [0.3, 0.4) is 0 Å². The zero-order chi connectivity index (χ0) is 18.4. The minimum atomic E-state index is -0.948. The molecule has 2 aromatic rings. The minimum absolute atomic E-state index is 0.0685. The molecule has 0 aromatic heterocycles. The maximum Gasteiger partial charge on any atom is 0.263 e. The van der Waals surface area contributed by atoms with Gasteiger partial charge in [-0.2, -0.15) is 0 Å². The van der Waals surface area contributed by atoms with Crippen LogP contribution in [-0.2, 0) is 11.4 Å². The number of amides is 1. The van der Waals surface area contributed by atoms with E-state index in [0.29, 0.717) is 17.4 Å². The summed E-state index contributed by atoms with van der Waals surface area (Å²) in [6, 6.07) is 14.8. The summed E-state index contributed by atoms with van der Waals surface area (Å²) in [6.45, 7) is 7.78. The summed E-state index contributed by atoms with van der Waals surface area (Å²) in [6.07, 6.45) is 0. The standard InChI is InChI=1S/C20H24ClNO3/c1-14(2)22-19(23)20(3,4)25-18-11-9-17(10-12-18)24-13-15-5-7-16(21)8-6-15/h5-12,14H,13H2,1-4H3,(H,22,23). The topological polar surface area (TPSA) is 47.6 Å². The first kappa shape index (κ1) is 19.1. The fourth-order valence-electron chi connectivity index (χ4n) is 2.13. The molecule has 1 amide bonds. The summed E-state index contributed by atoms with van der Waals surface area (Å²) >= 11 is 5.87. The fraction of sp³-hybridized carbons (Fsp3) is 0.350. The van der Waals surface area contributed by atoms with Crippen LogP contribution < -0.4 is 14.8 Å². The minimum Gasteiger partial charge on any atom is -0.489 e. The molecule has 0 fully saturated rings. The van der Waals surface area contributed by atoms with Crippen molar-refractivity contribution in [1.82, 2.24) is 5.32 Å². The van der Waals surface area contributed by atoms with Crippen LogP contribution in [0.4, 0.5) is 0 Å². The Labute approximate surface area is 154 Å². The highest BCUT2D eigenvalue weighted by molar-refractivity contribution is 6.30. The molecule has 134 valence electrons. The summed E-state index contributed by atoms with van der Waals surface area (Å²) in [5.74, 6) is 1.19. The van der Waals surface area contributed by atoms with Gasteiger partial charge in [-0.25, -0.2) is 0 Å². The number of carbonyl (C=O) groups is 1. The quantitative estimate of drug-likeness (QED) is 0.783. The van der Waals surface area contributed by atoms with Crippen LogP contribution in [0.25, 0.3) is 0 Å². The van der Waals surface area contributed by atoms with E-state index in [1.807, 2.05) is 50.2 Å². The predicted molar refractivity (Wildman–Crippen MR) is 100 cm³/mol. The van der Waals surface area contributed by atoms with Crippen LogP contribution in [0.15, 0.2) is 48.5 Å². The Bertz CT molecular complexity index is 694. The van der Waals surface area contributed by atoms with Gasteiger partial charge in [0.2, 0.25) is 0 Å². The van der Waals surface area contributed by atoms with Crippen LogP contribution in [0.5, 0.6) is 11.5 Å². The maximum absolute atomic E-state index is 12.2. The van der Waals surface area contributed by atoms with Gasteiger partial charge >= 0.3 is 0 Å². The number of ether oxygens (including phenoxy) is 2. The third kappa shape index (κ3) is 5.98. The molecule has 0 radical (unpaired) electrons. The van der Waals surface area contributed by atoms with Gasteiger partial charge in [-0.1, -0.05) is 23.7 Å². The van der Waals surface area contributed by atoms with Crippen molar-refractivity contribution < 1.29 is 14.3 Å². The molecule has 1 N–H and O–H groups in total. The first-order chi connectivity index (χ1) is 11.8. The van der Waals surface area contributed by atoms with E-state index in [4.69, 9.17) is 21.1 Å². The summed E-state index contributed by atoms with van der Waals surface area (Å²) < 4.78 is 11.6. The molecule has 2 aromatic carbocycles.